The first kappa shape index (κ1) is 15.7. The number of likely N-dealkylation sites (tertiary alicyclic amines) is 1. The summed E-state index contributed by atoms with van der Waals surface area (Å²) in [5, 5.41) is 0. The molecule has 1 saturated heterocycles. The number of hydrogen-bond acceptors (Lipinski definition) is 3. The minimum Gasteiger partial charge on any atom is -0.376 e. The summed E-state index contributed by atoms with van der Waals surface area (Å²) in [4.78, 5) is 13.4. The summed E-state index contributed by atoms with van der Waals surface area (Å²) in [6.07, 6.45) is 1.14. The van der Waals surface area contributed by atoms with Crippen molar-refractivity contribution in [1.82, 2.24) is 4.90 Å². The van der Waals surface area contributed by atoms with Crippen LogP contribution in [0.3, 0.4) is 0 Å². The van der Waals surface area contributed by atoms with E-state index in [2.05, 4.69) is 13.8 Å². The maximum atomic E-state index is 11.6. The van der Waals surface area contributed by atoms with Gasteiger partial charge in [-0.05, 0) is 19.3 Å². The molecule has 0 spiro atoms. The number of carbonyl (C=O) groups is 1. The number of ether oxygens (including phenoxy) is 1. The van der Waals surface area contributed by atoms with E-state index in [1.807, 2.05) is 0 Å². The highest BCUT2D eigenvalue weighted by Crippen LogP contribution is 2.14. The van der Waals surface area contributed by atoms with E-state index < -0.39 is 6.04 Å². The Morgan fingerprint density at radius 1 is 1.50 bits per heavy atom. The first-order valence-corrected chi connectivity index (χ1v) is 5.66. The molecule has 1 aliphatic heterocycles. The first-order valence-electron chi connectivity index (χ1n) is 5.66. The normalized spacial score (nSPS) is 22.1. The van der Waals surface area contributed by atoms with Gasteiger partial charge in [0.15, 0.2) is 0 Å². The van der Waals surface area contributed by atoms with Crippen LogP contribution in [0.15, 0.2) is 0 Å². The Bertz CT molecular complexity index is 222. The second-order valence-electron chi connectivity index (χ2n) is 4.71. The van der Waals surface area contributed by atoms with E-state index in [-0.39, 0.29) is 24.4 Å². The fourth-order valence-electron chi connectivity index (χ4n) is 1.68. The quantitative estimate of drug-likeness (QED) is 0.811. The lowest BCUT2D eigenvalue weighted by Gasteiger charge is -2.19. The van der Waals surface area contributed by atoms with Crippen molar-refractivity contribution in [2.75, 3.05) is 19.7 Å². The molecule has 16 heavy (non-hydrogen) atoms. The zero-order valence-electron chi connectivity index (χ0n) is 10.3. The van der Waals surface area contributed by atoms with Crippen LogP contribution in [0.5, 0.6) is 0 Å². The summed E-state index contributed by atoms with van der Waals surface area (Å²) < 4.78 is 5.69. The Labute approximate surface area is 104 Å². The van der Waals surface area contributed by atoms with E-state index >= 15 is 0 Å². The predicted octanol–water partition coefficient (Wildman–Crippen LogP) is 1.03. The summed E-state index contributed by atoms with van der Waals surface area (Å²) in [6, 6.07) is -0.395. The molecular weight excluding hydrogens is 228 g/mol. The van der Waals surface area contributed by atoms with E-state index in [4.69, 9.17) is 10.5 Å². The van der Waals surface area contributed by atoms with Crippen LogP contribution in [-0.2, 0) is 9.53 Å². The molecule has 0 saturated carbocycles. The molecule has 1 fully saturated rings. The Kier molecular flexibility index (Phi) is 6.95. The van der Waals surface area contributed by atoms with Crippen molar-refractivity contribution in [2.45, 2.75) is 39.3 Å². The molecule has 1 unspecified atom stereocenters. The van der Waals surface area contributed by atoms with Crippen molar-refractivity contribution >= 4 is 18.3 Å². The molecule has 1 heterocycles. The van der Waals surface area contributed by atoms with Gasteiger partial charge in [-0.2, -0.15) is 0 Å². The number of carbonyl (C=O) groups excluding carboxylic acids is 1. The van der Waals surface area contributed by atoms with Crippen LogP contribution in [0.25, 0.3) is 0 Å². The van der Waals surface area contributed by atoms with Crippen molar-refractivity contribution in [2.24, 2.45) is 11.7 Å². The SMILES string of the molecule is CC(C)COC1CCN(C(=O)[C@@H](C)N)C1.Cl. The van der Waals surface area contributed by atoms with Crippen LogP contribution in [0.4, 0.5) is 0 Å². The summed E-state index contributed by atoms with van der Waals surface area (Å²) in [7, 11) is 0. The molecule has 5 heteroatoms. The number of amides is 1. The fourth-order valence-corrected chi connectivity index (χ4v) is 1.68. The second kappa shape index (κ2) is 7.09. The molecule has 1 amide bonds. The van der Waals surface area contributed by atoms with Crippen molar-refractivity contribution in [1.29, 1.82) is 0 Å². The number of hydrogen-bond donors (Lipinski definition) is 1. The van der Waals surface area contributed by atoms with Crippen LogP contribution in [0.2, 0.25) is 0 Å². The third kappa shape index (κ3) is 4.68. The van der Waals surface area contributed by atoms with Gasteiger partial charge < -0.3 is 15.4 Å². The number of halogens is 1. The monoisotopic (exact) mass is 250 g/mol. The average molecular weight is 251 g/mol. The van der Waals surface area contributed by atoms with E-state index in [0.29, 0.717) is 12.5 Å². The highest BCUT2D eigenvalue weighted by Gasteiger charge is 2.28. The molecule has 0 aliphatic carbocycles. The second-order valence-corrected chi connectivity index (χ2v) is 4.71. The van der Waals surface area contributed by atoms with Gasteiger partial charge in [-0.25, -0.2) is 0 Å². The van der Waals surface area contributed by atoms with Gasteiger partial charge in [0.2, 0.25) is 5.91 Å². The lowest BCUT2D eigenvalue weighted by Crippen LogP contribution is -2.41. The molecule has 0 bridgehead atoms. The molecule has 1 aliphatic rings. The molecule has 0 aromatic heterocycles. The Balaban J connectivity index is 0.00000225. The fraction of sp³-hybridized carbons (Fsp3) is 0.909. The zero-order valence-corrected chi connectivity index (χ0v) is 11.1. The third-order valence-electron chi connectivity index (χ3n) is 2.51. The van der Waals surface area contributed by atoms with Crippen LogP contribution in [0, 0.1) is 5.92 Å². The maximum absolute atomic E-state index is 11.6. The van der Waals surface area contributed by atoms with Crippen molar-refractivity contribution in [3.05, 3.63) is 0 Å². The topological polar surface area (TPSA) is 55.6 Å². The van der Waals surface area contributed by atoms with E-state index in [1.165, 1.54) is 0 Å². The number of nitrogens with zero attached hydrogens (tertiary/aromatic N) is 1. The third-order valence-corrected chi connectivity index (χ3v) is 2.51. The summed E-state index contributed by atoms with van der Waals surface area (Å²) in [5.41, 5.74) is 5.55. The maximum Gasteiger partial charge on any atom is 0.239 e. The molecule has 2 N–H and O–H groups in total. The number of nitrogens with two attached hydrogens (primary N) is 1. The van der Waals surface area contributed by atoms with Gasteiger partial charge in [0.05, 0.1) is 12.1 Å². The molecule has 2 atom stereocenters. The van der Waals surface area contributed by atoms with Crippen LogP contribution < -0.4 is 5.73 Å². The zero-order chi connectivity index (χ0) is 11.4. The van der Waals surface area contributed by atoms with Gasteiger partial charge in [-0.1, -0.05) is 13.8 Å². The average Bonchev–Trinajstić information content (AvgIpc) is 2.61. The van der Waals surface area contributed by atoms with Gasteiger partial charge >= 0.3 is 0 Å². The first-order chi connectivity index (χ1) is 7.00. The Hall–Kier alpha value is -0.320. The minimum absolute atomic E-state index is 0. The Morgan fingerprint density at radius 2 is 2.12 bits per heavy atom. The highest BCUT2D eigenvalue weighted by molar-refractivity contribution is 5.85. The largest absolute Gasteiger partial charge is 0.376 e. The molecule has 4 nitrogen and oxygen atoms in total. The van der Waals surface area contributed by atoms with Gasteiger partial charge in [-0.15, -0.1) is 12.4 Å². The van der Waals surface area contributed by atoms with E-state index in [0.717, 1.165) is 19.6 Å². The molecule has 0 radical (unpaired) electrons. The smallest absolute Gasteiger partial charge is 0.239 e. The van der Waals surface area contributed by atoms with Crippen molar-refractivity contribution in [3.8, 4) is 0 Å². The standard InChI is InChI=1S/C11H22N2O2.ClH/c1-8(2)7-15-10-4-5-13(6-10)11(14)9(3)12;/h8-10H,4-7,12H2,1-3H3;1H/t9-,10?;/m1./s1. The lowest BCUT2D eigenvalue weighted by molar-refractivity contribution is -0.131. The van der Waals surface area contributed by atoms with Crippen LogP contribution in [0.1, 0.15) is 27.2 Å². The van der Waals surface area contributed by atoms with E-state index in [9.17, 15) is 4.79 Å². The molecule has 0 aromatic carbocycles. The number of rotatable bonds is 4. The van der Waals surface area contributed by atoms with Gasteiger partial charge in [0.25, 0.3) is 0 Å². The molecular formula is C11H23ClN2O2. The van der Waals surface area contributed by atoms with E-state index in [1.54, 1.807) is 11.8 Å². The van der Waals surface area contributed by atoms with Gasteiger partial charge in [-0.3, -0.25) is 4.79 Å². The van der Waals surface area contributed by atoms with Crippen LogP contribution in [-0.4, -0.2) is 42.6 Å². The Morgan fingerprint density at radius 3 is 2.62 bits per heavy atom. The van der Waals surface area contributed by atoms with Crippen LogP contribution >= 0.6 is 12.4 Å². The summed E-state index contributed by atoms with van der Waals surface area (Å²) >= 11 is 0. The molecule has 0 aromatic rings. The van der Waals surface area contributed by atoms with Gasteiger partial charge in [0, 0.05) is 19.7 Å². The predicted molar refractivity (Wildman–Crippen MR) is 66.7 cm³/mol. The summed E-state index contributed by atoms with van der Waals surface area (Å²) in [6.45, 7) is 8.23. The molecule has 96 valence electrons. The highest BCUT2D eigenvalue weighted by atomic mass is 35.5. The molecule has 1 rings (SSSR count). The van der Waals surface area contributed by atoms with Crippen molar-refractivity contribution < 1.29 is 9.53 Å². The minimum atomic E-state index is -0.395. The van der Waals surface area contributed by atoms with Crippen molar-refractivity contribution in [3.63, 3.8) is 0 Å². The van der Waals surface area contributed by atoms with Gasteiger partial charge in [0.1, 0.15) is 0 Å². The lowest BCUT2D eigenvalue weighted by atomic mass is 10.2. The summed E-state index contributed by atoms with van der Waals surface area (Å²) in [5.74, 6) is 0.578.